The van der Waals surface area contributed by atoms with Crippen LogP contribution in [0, 0.1) is 0 Å². The van der Waals surface area contributed by atoms with Crippen LogP contribution in [-0.2, 0) is 14.2 Å². The summed E-state index contributed by atoms with van der Waals surface area (Å²) < 4.78 is 15.0. The lowest BCUT2D eigenvalue weighted by atomic mass is 10.1. The summed E-state index contributed by atoms with van der Waals surface area (Å²) in [6.07, 6.45) is 0. The number of esters is 3. The summed E-state index contributed by atoms with van der Waals surface area (Å²) in [5, 5.41) is 6.13. The number of anilines is 2. The van der Waals surface area contributed by atoms with E-state index in [4.69, 9.17) is 26.4 Å². The van der Waals surface area contributed by atoms with Crippen LogP contribution in [0.2, 0.25) is 0 Å². The van der Waals surface area contributed by atoms with E-state index in [0.29, 0.717) is 23.5 Å². The van der Waals surface area contributed by atoms with E-state index in [-0.39, 0.29) is 29.5 Å². The maximum absolute atomic E-state index is 12.2. The van der Waals surface area contributed by atoms with E-state index in [0.717, 1.165) is 0 Å². The van der Waals surface area contributed by atoms with Gasteiger partial charge >= 0.3 is 17.9 Å². The van der Waals surface area contributed by atoms with Gasteiger partial charge < -0.3 is 24.8 Å². The van der Waals surface area contributed by atoms with Crippen molar-refractivity contribution in [1.29, 1.82) is 0 Å². The Morgan fingerprint density at radius 2 is 1.10 bits per heavy atom. The van der Waals surface area contributed by atoms with E-state index < -0.39 is 17.9 Å². The van der Waals surface area contributed by atoms with Crippen LogP contribution in [0.25, 0.3) is 0 Å². The van der Waals surface area contributed by atoms with Gasteiger partial charge in [0.15, 0.2) is 5.11 Å². The van der Waals surface area contributed by atoms with Gasteiger partial charge in [0.25, 0.3) is 0 Å². The average Bonchev–Trinajstić information content (AvgIpc) is 2.74. The third-order valence-electron chi connectivity index (χ3n) is 3.87. The molecule has 0 unspecified atom stereocenters. The topological polar surface area (TPSA) is 103 Å². The summed E-state index contributed by atoms with van der Waals surface area (Å²) in [6, 6.07) is 11.0. The molecular formula is C22H24N2O6S. The Hall–Kier alpha value is -3.46. The standard InChI is InChI=1S/C22H24N2O6S/c1-4-28-19(25)14-7-9-17(10-8-14)23-22(31)24-18-12-15(20(26)29-5-2)11-16(13-18)21(27)30-6-3/h7-13H,4-6H2,1-3H3,(H2,23,24,31). The third-order valence-corrected chi connectivity index (χ3v) is 4.07. The minimum Gasteiger partial charge on any atom is -0.462 e. The van der Waals surface area contributed by atoms with Crippen molar-refractivity contribution in [2.24, 2.45) is 0 Å². The van der Waals surface area contributed by atoms with Crippen molar-refractivity contribution in [1.82, 2.24) is 0 Å². The molecule has 0 fully saturated rings. The molecule has 0 amide bonds. The van der Waals surface area contributed by atoms with Crippen molar-refractivity contribution in [3.05, 3.63) is 59.2 Å². The van der Waals surface area contributed by atoms with Crippen LogP contribution in [-0.4, -0.2) is 42.8 Å². The second-order valence-corrected chi connectivity index (χ2v) is 6.53. The predicted octanol–water partition coefficient (Wildman–Crippen LogP) is 4.03. The van der Waals surface area contributed by atoms with Gasteiger partial charge in [-0.05, 0) is 75.5 Å². The van der Waals surface area contributed by atoms with Crippen LogP contribution in [0.1, 0.15) is 51.8 Å². The molecule has 0 bridgehead atoms. The lowest BCUT2D eigenvalue weighted by Gasteiger charge is -2.13. The highest BCUT2D eigenvalue weighted by molar-refractivity contribution is 7.80. The summed E-state index contributed by atoms with van der Waals surface area (Å²) >= 11 is 5.32. The molecule has 31 heavy (non-hydrogen) atoms. The molecule has 9 heteroatoms. The van der Waals surface area contributed by atoms with Crippen LogP contribution >= 0.6 is 12.2 Å². The van der Waals surface area contributed by atoms with Gasteiger partial charge in [-0.3, -0.25) is 0 Å². The first kappa shape index (κ1) is 23.8. The molecule has 0 atom stereocenters. The second-order valence-electron chi connectivity index (χ2n) is 6.12. The fourth-order valence-electron chi connectivity index (χ4n) is 2.56. The van der Waals surface area contributed by atoms with Crippen LogP contribution in [0.5, 0.6) is 0 Å². The van der Waals surface area contributed by atoms with Crippen molar-refractivity contribution in [3.8, 4) is 0 Å². The summed E-state index contributed by atoms with van der Waals surface area (Å²) in [7, 11) is 0. The molecule has 2 aromatic rings. The van der Waals surface area contributed by atoms with Crippen molar-refractivity contribution in [2.75, 3.05) is 30.5 Å². The van der Waals surface area contributed by atoms with E-state index in [9.17, 15) is 14.4 Å². The van der Waals surface area contributed by atoms with Crippen molar-refractivity contribution >= 4 is 46.6 Å². The molecular weight excluding hydrogens is 420 g/mol. The zero-order chi connectivity index (χ0) is 22.8. The van der Waals surface area contributed by atoms with Gasteiger partial charge in [0, 0.05) is 11.4 Å². The highest BCUT2D eigenvalue weighted by Crippen LogP contribution is 2.18. The molecule has 2 rings (SSSR count). The summed E-state index contributed by atoms with van der Waals surface area (Å²) in [5.41, 5.74) is 1.85. The van der Waals surface area contributed by atoms with E-state index in [2.05, 4.69) is 10.6 Å². The first-order chi connectivity index (χ1) is 14.9. The number of hydrogen-bond acceptors (Lipinski definition) is 7. The number of thiocarbonyl (C=S) groups is 1. The number of hydrogen-bond donors (Lipinski definition) is 2. The van der Waals surface area contributed by atoms with Gasteiger partial charge in [-0.2, -0.15) is 0 Å². The van der Waals surface area contributed by atoms with Gasteiger partial charge in [0.05, 0.1) is 36.5 Å². The highest BCUT2D eigenvalue weighted by Gasteiger charge is 2.15. The second kappa shape index (κ2) is 11.7. The predicted molar refractivity (Wildman–Crippen MR) is 121 cm³/mol. The molecule has 0 heterocycles. The fraction of sp³-hybridized carbons (Fsp3) is 0.273. The SMILES string of the molecule is CCOC(=O)c1ccc(NC(=S)Nc2cc(C(=O)OCC)cc(C(=O)OCC)c2)cc1. The molecule has 0 aliphatic rings. The molecule has 0 spiro atoms. The lowest BCUT2D eigenvalue weighted by molar-refractivity contribution is 0.0512. The Morgan fingerprint density at radius 3 is 1.55 bits per heavy atom. The average molecular weight is 445 g/mol. The molecule has 0 radical (unpaired) electrons. The molecule has 0 saturated heterocycles. The van der Waals surface area contributed by atoms with Gasteiger partial charge in [0.1, 0.15) is 0 Å². The Balaban J connectivity index is 2.16. The molecule has 0 aliphatic heterocycles. The Bertz CT molecular complexity index is 923. The van der Waals surface area contributed by atoms with E-state index in [1.165, 1.54) is 18.2 Å². The van der Waals surface area contributed by atoms with E-state index in [1.54, 1.807) is 45.0 Å². The summed E-state index contributed by atoms with van der Waals surface area (Å²) in [5.74, 6) is -1.53. The molecule has 2 aromatic carbocycles. The van der Waals surface area contributed by atoms with Gasteiger partial charge in [0.2, 0.25) is 0 Å². The number of rotatable bonds is 8. The minimum atomic E-state index is -0.565. The third kappa shape index (κ3) is 7.07. The van der Waals surface area contributed by atoms with Crippen LogP contribution in [0.15, 0.2) is 42.5 Å². The first-order valence-corrected chi connectivity index (χ1v) is 10.1. The molecule has 2 N–H and O–H groups in total. The number of carbonyl (C=O) groups excluding carboxylic acids is 3. The number of ether oxygens (including phenoxy) is 3. The van der Waals surface area contributed by atoms with E-state index in [1.807, 2.05) is 0 Å². The Labute approximate surface area is 185 Å². The van der Waals surface area contributed by atoms with Gasteiger partial charge in [-0.25, -0.2) is 14.4 Å². The van der Waals surface area contributed by atoms with Crippen molar-refractivity contribution in [3.63, 3.8) is 0 Å². The molecule has 0 aliphatic carbocycles. The zero-order valence-electron chi connectivity index (χ0n) is 17.5. The summed E-state index contributed by atoms with van der Waals surface area (Å²) in [6.45, 7) is 5.82. The Kier molecular flexibility index (Phi) is 8.95. The zero-order valence-corrected chi connectivity index (χ0v) is 18.3. The maximum Gasteiger partial charge on any atom is 0.338 e. The monoisotopic (exact) mass is 444 g/mol. The van der Waals surface area contributed by atoms with E-state index >= 15 is 0 Å². The highest BCUT2D eigenvalue weighted by atomic mass is 32.1. The first-order valence-electron chi connectivity index (χ1n) is 9.72. The number of benzene rings is 2. The Morgan fingerprint density at radius 1 is 0.677 bits per heavy atom. The number of nitrogens with one attached hydrogen (secondary N) is 2. The largest absolute Gasteiger partial charge is 0.462 e. The summed E-state index contributed by atoms with van der Waals surface area (Å²) in [4.78, 5) is 36.0. The van der Waals surface area contributed by atoms with Gasteiger partial charge in [-0.15, -0.1) is 0 Å². The quantitative estimate of drug-likeness (QED) is 0.355. The number of carbonyl (C=O) groups is 3. The minimum absolute atomic E-state index is 0.191. The fourth-order valence-corrected chi connectivity index (χ4v) is 2.80. The van der Waals surface area contributed by atoms with Crippen LogP contribution in [0.3, 0.4) is 0 Å². The lowest BCUT2D eigenvalue weighted by Crippen LogP contribution is -2.20. The molecule has 164 valence electrons. The molecule has 0 saturated carbocycles. The van der Waals surface area contributed by atoms with Crippen molar-refractivity contribution < 1.29 is 28.6 Å². The smallest absolute Gasteiger partial charge is 0.338 e. The molecule has 8 nitrogen and oxygen atoms in total. The normalized spacial score (nSPS) is 10.0. The molecule has 0 aromatic heterocycles. The maximum atomic E-state index is 12.2. The van der Waals surface area contributed by atoms with Crippen LogP contribution in [0.4, 0.5) is 11.4 Å². The van der Waals surface area contributed by atoms with Gasteiger partial charge in [-0.1, -0.05) is 0 Å². The van der Waals surface area contributed by atoms with Crippen molar-refractivity contribution in [2.45, 2.75) is 20.8 Å². The van der Waals surface area contributed by atoms with Crippen LogP contribution < -0.4 is 10.6 Å².